The number of likely N-dealkylation sites (tertiary alicyclic amines) is 1. The fourth-order valence-corrected chi connectivity index (χ4v) is 2.49. The Balaban J connectivity index is 2.27. The first-order chi connectivity index (χ1) is 9.32. The maximum absolute atomic E-state index is 11.4. The second-order valence-corrected chi connectivity index (χ2v) is 5.59. The normalized spacial score (nSPS) is 17.9. The van der Waals surface area contributed by atoms with Crippen molar-refractivity contribution in [3.8, 4) is 0 Å². The summed E-state index contributed by atoms with van der Waals surface area (Å²) in [6.07, 6.45) is 1.49. The minimum absolute atomic E-state index is 0.0303. The molecule has 0 aromatic carbocycles. The third-order valence-corrected chi connectivity index (χ3v) is 3.93. The molecule has 1 N–H and O–H groups in total. The van der Waals surface area contributed by atoms with Crippen molar-refractivity contribution >= 4 is 11.9 Å². The molecule has 2 heterocycles. The Hall–Kier alpha value is -1.98. The highest BCUT2D eigenvalue weighted by molar-refractivity contribution is 5.85. The van der Waals surface area contributed by atoms with Gasteiger partial charge in [0.1, 0.15) is 5.82 Å². The maximum Gasteiger partial charge on any atom is 0.354 e. The first kappa shape index (κ1) is 14.4. The van der Waals surface area contributed by atoms with Gasteiger partial charge in [0.05, 0.1) is 0 Å². The van der Waals surface area contributed by atoms with E-state index in [2.05, 4.69) is 9.97 Å². The van der Waals surface area contributed by atoms with Crippen LogP contribution >= 0.6 is 0 Å². The van der Waals surface area contributed by atoms with E-state index < -0.39 is 5.97 Å². The first-order valence-electron chi connectivity index (χ1n) is 6.67. The molecule has 1 saturated heterocycles. The summed E-state index contributed by atoms with van der Waals surface area (Å²) in [6.45, 7) is 6.68. The van der Waals surface area contributed by atoms with Crippen molar-refractivity contribution in [3.63, 3.8) is 0 Å². The van der Waals surface area contributed by atoms with Gasteiger partial charge in [0.2, 0.25) is 5.91 Å². The van der Waals surface area contributed by atoms with Gasteiger partial charge in [-0.05, 0) is 25.8 Å². The van der Waals surface area contributed by atoms with Crippen LogP contribution in [-0.4, -0.2) is 44.9 Å². The quantitative estimate of drug-likeness (QED) is 0.883. The number of carbonyl (C=O) groups excluding carboxylic acids is 1. The average molecular weight is 277 g/mol. The van der Waals surface area contributed by atoms with Crippen LogP contribution in [0.4, 0.5) is 0 Å². The smallest absolute Gasteiger partial charge is 0.354 e. The molecule has 1 aromatic heterocycles. The Kier molecular flexibility index (Phi) is 3.74. The van der Waals surface area contributed by atoms with Crippen molar-refractivity contribution in [2.45, 2.75) is 39.0 Å². The predicted octanol–water partition coefficient (Wildman–Crippen LogP) is 1.38. The second kappa shape index (κ2) is 5.19. The van der Waals surface area contributed by atoms with Crippen LogP contribution < -0.4 is 0 Å². The predicted molar refractivity (Wildman–Crippen MR) is 72.6 cm³/mol. The summed E-state index contributed by atoms with van der Waals surface area (Å²) in [5, 5.41) is 9.09. The van der Waals surface area contributed by atoms with Gasteiger partial charge in [-0.15, -0.1) is 0 Å². The summed E-state index contributed by atoms with van der Waals surface area (Å²) in [7, 11) is 0. The Morgan fingerprint density at radius 3 is 2.40 bits per heavy atom. The van der Waals surface area contributed by atoms with Crippen LogP contribution in [0.2, 0.25) is 0 Å². The molecule has 0 radical (unpaired) electrons. The van der Waals surface area contributed by atoms with E-state index in [-0.39, 0.29) is 17.0 Å². The molecule has 108 valence electrons. The molecule has 0 atom stereocenters. The Bertz CT molecular complexity index is 549. The van der Waals surface area contributed by atoms with Crippen LogP contribution in [0, 0.1) is 6.92 Å². The molecule has 6 nitrogen and oxygen atoms in total. The summed E-state index contributed by atoms with van der Waals surface area (Å²) >= 11 is 0. The Morgan fingerprint density at radius 1 is 1.30 bits per heavy atom. The zero-order valence-electron chi connectivity index (χ0n) is 12.0. The number of piperidine rings is 1. The van der Waals surface area contributed by atoms with E-state index in [1.165, 1.54) is 6.07 Å². The topological polar surface area (TPSA) is 83.4 Å². The molecule has 0 spiro atoms. The van der Waals surface area contributed by atoms with E-state index in [1.807, 2.05) is 6.92 Å². The largest absolute Gasteiger partial charge is 0.477 e. The number of hydrogen-bond acceptors (Lipinski definition) is 4. The van der Waals surface area contributed by atoms with E-state index in [1.54, 1.807) is 18.7 Å². The lowest BCUT2D eigenvalue weighted by Crippen LogP contribution is -2.44. The number of aryl methyl sites for hydroxylation is 1. The Morgan fingerprint density at radius 2 is 1.90 bits per heavy atom. The highest BCUT2D eigenvalue weighted by Crippen LogP contribution is 2.33. The number of hydrogen-bond donors (Lipinski definition) is 1. The van der Waals surface area contributed by atoms with E-state index >= 15 is 0 Å². The first-order valence-corrected chi connectivity index (χ1v) is 6.67. The zero-order chi connectivity index (χ0) is 14.9. The van der Waals surface area contributed by atoms with Crippen molar-refractivity contribution in [3.05, 3.63) is 23.3 Å². The van der Waals surface area contributed by atoms with Gasteiger partial charge in [-0.3, -0.25) is 4.79 Å². The van der Waals surface area contributed by atoms with E-state index in [9.17, 15) is 9.59 Å². The van der Waals surface area contributed by atoms with E-state index in [0.717, 1.165) is 12.8 Å². The average Bonchev–Trinajstić information content (AvgIpc) is 2.38. The second-order valence-electron chi connectivity index (χ2n) is 5.59. The third-order valence-electron chi connectivity index (χ3n) is 3.93. The molecule has 0 bridgehead atoms. The molecular weight excluding hydrogens is 258 g/mol. The van der Waals surface area contributed by atoms with Gasteiger partial charge in [-0.1, -0.05) is 6.92 Å². The maximum atomic E-state index is 11.4. The highest BCUT2D eigenvalue weighted by atomic mass is 16.4. The lowest BCUT2D eigenvalue weighted by atomic mass is 9.79. The van der Waals surface area contributed by atoms with Gasteiger partial charge in [0.15, 0.2) is 5.69 Å². The SMILES string of the molecule is CC(=O)N1CCC(C)(c2nc(C)cc(C(=O)O)n2)CC1. The number of carboxylic acids is 1. The molecule has 6 heteroatoms. The van der Waals surface area contributed by atoms with Crippen LogP contribution in [0.3, 0.4) is 0 Å². The van der Waals surface area contributed by atoms with Gasteiger partial charge in [0.25, 0.3) is 0 Å². The fraction of sp³-hybridized carbons (Fsp3) is 0.571. The molecule has 1 aliphatic heterocycles. The van der Waals surface area contributed by atoms with Crippen LogP contribution in [0.1, 0.15) is 48.7 Å². The van der Waals surface area contributed by atoms with Crippen LogP contribution in [0.15, 0.2) is 6.07 Å². The van der Waals surface area contributed by atoms with Crippen molar-refractivity contribution in [1.29, 1.82) is 0 Å². The molecule has 1 amide bonds. The van der Waals surface area contributed by atoms with Crippen molar-refractivity contribution < 1.29 is 14.7 Å². The van der Waals surface area contributed by atoms with Gasteiger partial charge in [-0.2, -0.15) is 0 Å². The molecule has 0 aliphatic carbocycles. The van der Waals surface area contributed by atoms with E-state index in [4.69, 9.17) is 5.11 Å². The summed E-state index contributed by atoms with van der Waals surface area (Å²) in [5.41, 5.74) is 0.410. The minimum atomic E-state index is -1.04. The monoisotopic (exact) mass is 277 g/mol. The number of nitrogens with zero attached hydrogens (tertiary/aromatic N) is 3. The number of aromatic nitrogens is 2. The van der Waals surface area contributed by atoms with Crippen LogP contribution in [-0.2, 0) is 10.2 Å². The van der Waals surface area contributed by atoms with Crippen molar-refractivity contribution in [2.75, 3.05) is 13.1 Å². The highest BCUT2D eigenvalue weighted by Gasteiger charge is 2.35. The summed E-state index contributed by atoms with van der Waals surface area (Å²) in [5.74, 6) is -0.400. The number of rotatable bonds is 2. The summed E-state index contributed by atoms with van der Waals surface area (Å²) in [6, 6.07) is 1.47. The van der Waals surface area contributed by atoms with E-state index in [0.29, 0.717) is 24.6 Å². The fourth-order valence-electron chi connectivity index (χ4n) is 2.49. The minimum Gasteiger partial charge on any atom is -0.477 e. The molecule has 0 saturated carbocycles. The molecule has 2 rings (SSSR count). The number of aromatic carboxylic acids is 1. The Labute approximate surface area is 117 Å². The number of amides is 1. The van der Waals surface area contributed by atoms with Crippen LogP contribution in [0.25, 0.3) is 0 Å². The zero-order valence-corrected chi connectivity index (χ0v) is 12.0. The van der Waals surface area contributed by atoms with Gasteiger partial charge in [-0.25, -0.2) is 14.8 Å². The van der Waals surface area contributed by atoms with Crippen molar-refractivity contribution in [1.82, 2.24) is 14.9 Å². The molecule has 0 unspecified atom stereocenters. The molecule has 20 heavy (non-hydrogen) atoms. The van der Waals surface area contributed by atoms with Gasteiger partial charge >= 0.3 is 5.97 Å². The molecule has 1 aliphatic rings. The van der Waals surface area contributed by atoms with Gasteiger partial charge < -0.3 is 10.0 Å². The number of carbonyl (C=O) groups is 2. The lowest BCUT2D eigenvalue weighted by Gasteiger charge is -2.38. The van der Waals surface area contributed by atoms with Crippen molar-refractivity contribution in [2.24, 2.45) is 0 Å². The molecular formula is C14H19N3O3. The third kappa shape index (κ3) is 2.79. The number of carboxylic acid groups (broad SMARTS) is 1. The standard InChI is InChI=1S/C14H19N3O3/c1-9-8-11(12(19)20)16-13(15-9)14(3)4-6-17(7-5-14)10(2)18/h8H,4-7H2,1-3H3,(H,19,20). The van der Waals surface area contributed by atoms with Crippen LogP contribution in [0.5, 0.6) is 0 Å². The molecule has 1 fully saturated rings. The summed E-state index contributed by atoms with van der Waals surface area (Å²) < 4.78 is 0. The lowest BCUT2D eigenvalue weighted by molar-refractivity contribution is -0.130. The summed E-state index contributed by atoms with van der Waals surface area (Å²) in [4.78, 5) is 32.8. The van der Waals surface area contributed by atoms with Gasteiger partial charge in [0, 0.05) is 31.1 Å². The molecule has 1 aromatic rings.